The summed E-state index contributed by atoms with van der Waals surface area (Å²) in [6.45, 7) is 8.87. The van der Waals surface area contributed by atoms with Crippen LogP contribution in [-0.2, 0) is 19.8 Å². The molecule has 1 amide bonds. The van der Waals surface area contributed by atoms with Crippen molar-refractivity contribution in [3.8, 4) is 0 Å². The van der Waals surface area contributed by atoms with Gasteiger partial charge in [-0.05, 0) is 41.5 Å². The molecule has 53 heavy (non-hydrogen) atoms. The summed E-state index contributed by atoms with van der Waals surface area (Å²) in [7, 11) is 0. The molecule has 5 nitrogen and oxygen atoms in total. The Bertz CT molecular complexity index is 1220. The Balaban J connectivity index is 1.15. The highest BCUT2D eigenvalue weighted by Gasteiger charge is 2.37. The fourth-order valence-corrected chi connectivity index (χ4v) is 6.99. The highest BCUT2D eigenvalue weighted by molar-refractivity contribution is 5.67. The van der Waals surface area contributed by atoms with E-state index in [0.717, 1.165) is 60.8 Å². The van der Waals surface area contributed by atoms with Crippen LogP contribution in [-0.4, -0.2) is 39.1 Å². The lowest BCUT2D eigenvalue weighted by molar-refractivity contribution is 0.0104. The Labute approximate surface area is 323 Å². The second-order valence-electron chi connectivity index (χ2n) is 14.7. The molecule has 0 aromatic heterocycles. The van der Waals surface area contributed by atoms with Crippen molar-refractivity contribution in [3.63, 3.8) is 0 Å². The van der Waals surface area contributed by atoms with Crippen molar-refractivity contribution in [2.24, 2.45) is 0 Å². The third-order valence-corrected chi connectivity index (χ3v) is 10.1. The number of amides is 1. The van der Waals surface area contributed by atoms with Gasteiger partial charge in [-0.15, -0.1) is 0 Å². The van der Waals surface area contributed by atoms with Crippen molar-refractivity contribution in [2.75, 3.05) is 33.0 Å². The number of nitrogens with one attached hydrogen (secondary N) is 1. The van der Waals surface area contributed by atoms with Gasteiger partial charge in [-0.2, -0.15) is 0 Å². The van der Waals surface area contributed by atoms with Gasteiger partial charge in [0.2, 0.25) is 0 Å². The Morgan fingerprint density at radius 2 is 0.925 bits per heavy atom. The van der Waals surface area contributed by atoms with Gasteiger partial charge in [0.25, 0.3) is 0 Å². The lowest BCUT2D eigenvalue weighted by atomic mass is 9.80. The molecule has 5 heteroatoms. The Morgan fingerprint density at radius 3 is 1.38 bits per heavy atom. The van der Waals surface area contributed by atoms with Crippen LogP contribution in [0.25, 0.3) is 0 Å². The lowest BCUT2D eigenvalue weighted by Crippen LogP contribution is -2.33. The fourth-order valence-electron chi connectivity index (χ4n) is 6.99. The van der Waals surface area contributed by atoms with Crippen molar-refractivity contribution in [1.82, 2.24) is 5.32 Å². The van der Waals surface area contributed by atoms with Crippen molar-refractivity contribution in [2.45, 2.75) is 141 Å². The number of carbonyl (C=O) groups excluding carboxylic acids is 1. The Kier molecular flexibility index (Phi) is 24.1. The predicted molar refractivity (Wildman–Crippen MR) is 222 cm³/mol. The van der Waals surface area contributed by atoms with Crippen molar-refractivity contribution < 1.29 is 19.0 Å². The molecule has 1 N–H and O–H groups in total. The van der Waals surface area contributed by atoms with E-state index in [1.807, 2.05) is 0 Å². The summed E-state index contributed by atoms with van der Waals surface area (Å²) in [5.74, 6) is 0. The Morgan fingerprint density at radius 1 is 0.528 bits per heavy atom. The number of ether oxygens (including phenoxy) is 3. The number of alkyl carbamates (subject to hydrolysis) is 1. The molecule has 0 fully saturated rings. The van der Waals surface area contributed by atoms with E-state index in [1.165, 1.54) is 89.9 Å². The lowest BCUT2D eigenvalue weighted by Gasteiger charge is -2.36. The van der Waals surface area contributed by atoms with Gasteiger partial charge < -0.3 is 19.5 Å². The van der Waals surface area contributed by atoms with Crippen LogP contribution in [0.5, 0.6) is 0 Å². The first-order chi connectivity index (χ1) is 26.2. The molecular weight excluding hydrogens is 655 g/mol. The largest absolute Gasteiger partial charge is 0.445 e. The zero-order chi connectivity index (χ0) is 37.5. The summed E-state index contributed by atoms with van der Waals surface area (Å²) < 4.78 is 18.0. The van der Waals surface area contributed by atoms with E-state index in [4.69, 9.17) is 14.2 Å². The molecule has 3 aromatic rings. The van der Waals surface area contributed by atoms with Crippen LogP contribution in [0, 0.1) is 0 Å². The first-order valence-corrected chi connectivity index (χ1v) is 21.1. The van der Waals surface area contributed by atoms with Crippen molar-refractivity contribution >= 4 is 6.09 Å². The Hall–Kier alpha value is -3.41. The van der Waals surface area contributed by atoms with Gasteiger partial charge in [0.15, 0.2) is 0 Å². The highest BCUT2D eigenvalue weighted by atomic mass is 16.5. The maximum atomic E-state index is 12.1. The van der Waals surface area contributed by atoms with E-state index < -0.39 is 5.60 Å². The van der Waals surface area contributed by atoms with Gasteiger partial charge >= 0.3 is 6.09 Å². The quantitative estimate of drug-likeness (QED) is 0.0395. The SMILES string of the molecule is C=C(COCCCCCCOC(c1ccccc1)(c1ccccc1)c1ccccc1)COC(=O)NCCCCCCCCCCCCCCCCCC. The van der Waals surface area contributed by atoms with Crippen molar-refractivity contribution in [1.29, 1.82) is 0 Å². The molecule has 0 aliphatic rings. The molecule has 0 saturated carbocycles. The third-order valence-electron chi connectivity index (χ3n) is 10.1. The summed E-state index contributed by atoms with van der Waals surface area (Å²) in [4.78, 5) is 12.1. The first kappa shape index (κ1) is 44.0. The van der Waals surface area contributed by atoms with Crippen LogP contribution in [0.3, 0.4) is 0 Å². The number of benzene rings is 3. The summed E-state index contributed by atoms with van der Waals surface area (Å²) in [5, 5.41) is 2.87. The van der Waals surface area contributed by atoms with Crippen LogP contribution in [0.4, 0.5) is 4.79 Å². The number of hydrogen-bond donors (Lipinski definition) is 1. The minimum Gasteiger partial charge on any atom is -0.445 e. The second-order valence-corrected chi connectivity index (χ2v) is 14.7. The van der Waals surface area contributed by atoms with E-state index in [9.17, 15) is 4.79 Å². The molecule has 0 radical (unpaired) electrons. The molecule has 0 atom stereocenters. The van der Waals surface area contributed by atoms with Gasteiger partial charge in [-0.3, -0.25) is 0 Å². The second kappa shape index (κ2) is 29.0. The maximum absolute atomic E-state index is 12.1. The molecule has 292 valence electrons. The third kappa shape index (κ3) is 18.5. The number of carbonyl (C=O) groups is 1. The van der Waals surface area contributed by atoms with Gasteiger partial charge in [-0.1, -0.05) is 214 Å². The predicted octanol–water partition coefficient (Wildman–Crippen LogP) is 13.1. The monoisotopic (exact) mass is 726 g/mol. The van der Waals surface area contributed by atoms with E-state index in [0.29, 0.717) is 26.4 Å². The average Bonchev–Trinajstić information content (AvgIpc) is 3.20. The summed E-state index contributed by atoms with van der Waals surface area (Å²) in [6, 6.07) is 31.6. The minimum absolute atomic E-state index is 0.189. The molecule has 0 saturated heterocycles. The van der Waals surface area contributed by atoms with E-state index in [-0.39, 0.29) is 12.7 Å². The molecule has 0 heterocycles. The normalized spacial score (nSPS) is 11.4. The van der Waals surface area contributed by atoms with Crippen LogP contribution in [0.2, 0.25) is 0 Å². The summed E-state index contributed by atoms with van der Waals surface area (Å²) in [6.07, 6.45) is 25.2. The number of hydrogen-bond acceptors (Lipinski definition) is 4. The zero-order valence-electron chi connectivity index (χ0n) is 33.2. The van der Waals surface area contributed by atoms with E-state index >= 15 is 0 Å². The molecule has 0 aliphatic carbocycles. The highest BCUT2D eigenvalue weighted by Crippen LogP contribution is 2.40. The molecule has 0 spiro atoms. The van der Waals surface area contributed by atoms with Crippen LogP contribution in [0.1, 0.15) is 152 Å². The number of rotatable bonds is 32. The molecular formula is C48H71NO4. The molecule has 0 bridgehead atoms. The van der Waals surface area contributed by atoms with Crippen LogP contribution < -0.4 is 5.32 Å². The van der Waals surface area contributed by atoms with Crippen molar-refractivity contribution in [3.05, 3.63) is 120 Å². The minimum atomic E-state index is -0.669. The smallest absolute Gasteiger partial charge is 0.407 e. The molecule has 0 unspecified atom stereocenters. The topological polar surface area (TPSA) is 56.8 Å². The standard InChI is InChI=1S/C48H71NO4/c1-3-4-5-6-7-8-9-10-11-12-13-14-15-16-17-29-38-49-47(50)52-42-43(2)41-51-39-30-18-19-31-40-53-48(44-32-23-20-24-33-44,45-34-25-21-26-35-45)46-36-27-22-28-37-46/h20-28,32-37H,2-19,29-31,38-42H2,1H3,(H,49,50). The summed E-state index contributed by atoms with van der Waals surface area (Å²) >= 11 is 0. The molecule has 3 rings (SSSR count). The maximum Gasteiger partial charge on any atom is 0.407 e. The van der Waals surface area contributed by atoms with Gasteiger partial charge in [0.05, 0.1) is 6.61 Å². The fraction of sp³-hybridized carbons (Fsp3) is 0.562. The molecule has 3 aromatic carbocycles. The summed E-state index contributed by atoms with van der Waals surface area (Å²) in [5.41, 5.74) is 3.49. The molecule has 0 aliphatic heterocycles. The van der Waals surface area contributed by atoms with Gasteiger partial charge in [0, 0.05) is 19.8 Å². The van der Waals surface area contributed by atoms with Crippen LogP contribution >= 0.6 is 0 Å². The van der Waals surface area contributed by atoms with E-state index in [2.05, 4.69) is 110 Å². The number of unbranched alkanes of at least 4 members (excludes halogenated alkanes) is 18. The zero-order valence-corrected chi connectivity index (χ0v) is 33.2. The van der Waals surface area contributed by atoms with Crippen LogP contribution in [0.15, 0.2) is 103 Å². The van der Waals surface area contributed by atoms with Gasteiger partial charge in [-0.25, -0.2) is 4.79 Å². The van der Waals surface area contributed by atoms with E-state index in [1.54, 1.807) is 0 Å². The van der Waals surface area contributed by atoms with Gasteiger partial charge in [0.1, 0.15) is 12.2 Å². The first-order valence-electron chi connectivity index (χ1n) is 21.1. The average molecular weight is 726 g/mol.